The number of aromatic amines is 1. The van der Waals surface area contributed by atoms with E-state index in [4.69, 9.17) is 19.2 Å². The van der Waals surface area contributed by atoms with Crippen molar-refractivity contribution in [2.24, 2.45) is 4.99 Å². The SMILES string of the molecule is COC(=O)CC1CSC(c2cc3cc(C)cc(NC4CCC5(CC4)OCCO5)c3[nH]2)=N1. The van der Waals surface area contributed by atoms with E-state index < -0.39 is 0 Å². The Morgan fingerprint density at radius 2 is 2.06 bits per heavy atom. The predicted molar refractivity (Wildman–Crippen MR) is 123 cm³/mol. The van der Waals surface area contributed by atoms with Crippen molar-refractivity contribution < 1.29 is 19.0 Å². The molecule has 0 radical (unpaired) electrons. The van der Waals surface area contributed by atoms with Crippen LogP contribution in [0.5, 0.6) is 0 Å². The van der Waals surface area contributed by atoms with E-state index in [9.17, 15) is 4.79 Å². The molecule has 1 unspecified atom stereocenters. The van der Waals surface area contributed by atoms with Crippen LogP contribution in [0.25, 0.3) is 10.9 Å². The van der Waals surface area contributed by atoms with Crippen LogP contribution in [0.4, 0.5) is 5.69 Å². The average molecular weight is 444 g/mol. The van der Waals surface area contributed by atoms with Gasteiger partial charge in [0, 0.05) is 30.0 Å². The minimum absolute atomic E-state index is 0.0206. The number of aliphatic imine (C=N–C) groups is 1. The van der Waals surface area contributed by atoms with Crippen LogP contribution >= 0.6 is 11.8 Å². The lowest BCUT2D eigenvalue weighted by atomic mass is 9.90. The number of aromatic nitrogens is 1. The number of H-pyrrole nitrogens is 1. The van der Waals surface area contributed by atoms with Gasteiger partial charge in [-0.05, 0) is 43.5 Å². The lowest BCUT2D eigenvalue weighted by Crippen LogP contribution is -2.39. The summed E-state index contributed by atoms with van der Waals surface area (Å²) in [7, 11) is 1.42. The van der Waals surface area contributed by atoms with Gasteiger partial charge in [0.25, 0.3) is 0 Å². The first kappa shape index (κ1) is 20.8. The third kappa shape index (κ3) is 4.33. The van der Waals surface area contributed by atoms with Crippen LogP contribution in [0.15, 0.2) is 23.2 Å². The highest BCUT2D eigenvalue weighted by Gasteiger charge is 2.40. The number of carbonyl (C=O) groups is 1. The molecule has 1 saturated heterocycles. The van der Waals surface area contributed by atoms with Gasteiger partial charge in [0.1, 0.15) is 5.04 Å². The van der Waals surface area contributed by atoms with Gasteiger partial charge >= 0.3 is 5.97 Å². The predicted octanol–water partition coefficient (Wildman–Crippen LogP) is 4.00. The summed E-state index contributed by atoms with van der Waals surface area (Å²) in [6.07, 6.45) is 4.26. The Balaban J connectivity index is 1.33. The molecule has 2 N–H and O–H groups in total. The van der Waals surface area contributed by atoms with Crippen LogP contribution in [-0.4, -0.2) is 59.9 Å². The smallest absolute Gasteiger partial charge is 0.307 e. The summed E-state index contributed by atoms with van der Waals surface area (Å²) in [5.41, 5.74) is 4.47. The fourth-order valence-electron chi connectivity index (χ4n) is 4.77. The molecule has 166 valence electrons. The van der Waals surface area contributed by atoms with Crippen LogP contribution < -0.4 is 5.32 Å². The van der Waals surface area contributed by atoms with E-state index in [0.29, 0.717) is 25.7 Å². The van der Waals surface area contributed by atoms with Gasteiger partial charge in [-0.2, -0.15) is 0 Å². The van der Waals surface area contributed by atoms with Crippen LogP contribution in [-0.2, 0) is 19.0 Å². The van der Waals surface area contributed by atoms with Crippen molar-refractivity contribution in [3.05, 3.63) is 29.5 Å². The third-order valence-corrected chi connectivity index (χ3v) is 7.52. The minimum atomic E-state index is -0.335. The molecule has 8 heteroatoms. The highest BCUT2D eigenvalue weighted by molar-refractivity contribution is 8.14. The van der Waals surface area contributed by atoms with Gasteiger partial charge in [-0.3, -0.25) is 9.79 Å². The van der Waals surface area contributed by atoms with Crippen LogP contribution in [0.3, 0.4) is 0 Å². The van der Waals surface area contributed by atoms with E-state index in [1.54, 1.807) is 11.8 Å². The maximum absolute atomic E-state index is 11.6. The van der Waals surface area contributed by atoms with Crippen molar-refractivity contribution >= 4 is 39.4 Å². The van der Waals surface area contributed by atoms with Gasteiger partial charge in [-0.25, -0.2) is 0 Å². The molecule has 0 amide bonds. The number of nitrogens with one attached hydrogen (secondary N) is 2. The normalized spacial score (nSPS) is 23.4. The molecule has 0 bridgehead atoms. The summed E-state index contributed by atoms with van der Waals surface area (Å²) in [5, 5.41) is 5.90. The van der Waals surface area contributed by atoms with Gasteiger partial charge in [0.15, 0.2) is 5.79 Å². The van der Waals surface area contributed by atoms with Gasteiger partial charge in [-0.15, -0.1) is 11.8 Å². The average Bonchev–Trinajstić information content (AvgIpc) is 3.50. The minimum Gasteiger partial charge on any atom is -0.469 e. The first-order chi connectivity index (χ1) is 15.0. The number of fused-ring (bicyclic) bond motifs is 1. The third-order valence-electron chi connectivity index (χ3n) is 6.37. The Kier molecular flexibility index (Phi) is 5.71. The maximum Gasteiger partial charge on any atom is 0.307 e. The molecule has 5 rings (SSSR count). The number of ether oxygens (including phenoxy) is 3. The Morgan fingerprint density at radius 1 is 1.29 bits per heavy atom. The number of aryl methyl sites for hydroxylation is 1. The number of hydrogen-bond donors (Lipinski definition) is 2. The first-order valence-corrected chi connectivity index (χ1v) is 12.0. The Labute approximate surface area is 186 Å². The van der Waals surface area contributed by atoms with E-state index in [-0.39, 0.29) is 17.8 Å². The quantitative estimate of drug-likeness (QED) is 0.680. The first-order valence-electron chi connectivity index (χ1n) is 11.0. The van der Waals surface area contributed by atoms with Crippen LogP contribution in [0, 0.1) is 6.92 Å². The summed E-state index contributed by atoms with van der Waals surface area (Å²) >= 11 is 1.69. The van der Waals surface area contributed by atoms with Crippen LogP contribution in [0.1, 0.15) is 43.4 Å². The Morgan fingerprint density at radius 3 is 2.81 bits per heavy atom. The Bertz CT molecular complexity index is 1000. The molecule has 3 heterocycles. The second-order valence-electron chi connectivity index (χ2n) is 8.67. The summed E-state index contributed by atoms with van der Waals surface area (Å²) in [6.45, 7) is 3.55. The molecule has 1 spiro atoms. The Hall–Kier alpha value is -2.03. The largest absolute Gasteiger partial charge is 0.469 e. The van der Waals surface area contributed by atoms with E-state index in [1.807, 2.05) is 0 Å². The number of anilines is 1. The molecular formula is C23H29N3O4S. The van der Waals surface area contributed by atoms with Crippen molar-refractivity contribution in [3.63, 3.8) is 0 Å². The molecule has 7 nitrogen and oxygen atoms in total. The lowest BCUT2D eigenvalue weighted by Gasteiger charge is -2.36. The van der Waals surface area contributed by atoms with Gasteiger partial charge in [0.05, 0.1) is 49.7 Å². The number of hydrogen-bond acceptors (Lipinski definition) is 7. The van der Waals surface area contributed by atoms with E-state index in [0.717, 1.165) is 53.4 Å². The van der Waals surface area contributed by atoms with Crippen molar-refractivity contribution in [2.45, 2.75) is 56.9 Å². The number of rotatable bonds is 5. The zero-order valence-corrected chi connectivity index (χ0v) is 18.8. The van der Waals surface area contributed by atoms with E-state index in [1.165, 1.54) is 18.1 Å². The molecule has 2 aromatic rings. The highest BCUT2D eigenvalue weighted by Crippen LogP contribution is 2.38. The topological polar surface area (TPSA) is 84.9 Å². The summed E-state index contributed by atoms with van der Waals surface area (Å²) in [6, 6.07) is 6.95. The van der Waals surface area contributed by atoms with Crippen molar-refractivity contribution in [1.82, 2.24) is 4.98 Å². The molecule has 1 saturated carbocycles. The molecule has 1 aliphatic carbocycles. The molecule has 1 aromatic carbocycles. The fraction of sp³-hybridized carbons (Fsp3) is 0.565. The zero-order chi connectivity index (χ0) is 21.4. The summed E-state index contributed by atoms with van der Waals surface area (Å²) < 4.78 is 16.5. The number of methoxy groups -OCH3 is 1. The monoisotopic (exact) mass is 443 g/mol. The zero-order valence-electron chi connectivity index (χ0n) is 18.0. The van der Waals surface area contributed by atoms with Crippen molar-refractivity contribution in [2.75, 3.05) is 31.4 Å². The van der Waals surface area contributed by atoms with Gasteiger partial charge < -0.3 is 24.5 Å². The van der Waals surface area contributed by atoms with Crippen LogP contribution in [0.2, 0.25) is 0 Å². The summed E-state index contributed by atoms with van der Waals surface area (Å²) in [5.74, 6) is 0.257. The molecule has 2 fully saturated rings. The number of benzene rings is 1. The molecule has 2 aliphatic heterocycles. The second-order valence-corrected chi connectivity index (χ2v) is 9.67. The van der Waals surface area contributed by atoms with E-state index in [2.05, 4.69) is 35.4 Å². The lowest BCUT2D eigenvalue weighted by molar-refractivity contribution is -0.177. The molecule has 3 aliphatic rings. The van der Waals surface area contributed by atoms with Crippen molar-refractivity contribution in [1.29, 1.82) is 0 Å². The molecular weight excluding hydrogens is 414 g/mol. The molecule has 1 atom stereocenters. The number of esters is 1. The number of nitrogens with zero attached hydrogens (tertiary/aromatic N) is 1. The fourth-order valence-corrected chi connectivity index (χ4v) is 5.81. The van der Waals surface area contributed by atoms with E-state index >= 15 is 0 Å². The molecule has 31 heavy (non-hydrogen) atoms. The maximum atomic E-state index is 11.6. The van der Waals surface area contributed by atoms with Crippen molar-refractivity contribution in [3.8, 4) is 0 Å². The molecule has 1 aromatic heterocycles. The highest BCUT2D eigenvalue weighted by atomic mass is 32.2. The second kappa shape index (κ2) is 8.48. The standard InChI is InChI=1S/C23H29N3O4S/c1-14-9-15-11-19(22-25-17(13-31-22)12-20(27)28-2)26-21(15)18(10-14)24-16-3-5-23(6-4-16)29-7-8-30-23/h9-11,16-17,24,26H,3-8,12-13H2,1-2H3. The number of carbonyl (C=O) groups excluding carboxylic acids is 1. The van der Waals surface area contributed by atoms with Gasteiger partial charge in [0.2, 0.25) is 0 Å². The summed E-state index contributed by atoms with van der Waals surface area (Å²) in [4.78, 5) is 19.9. The number of thioether (sulfide) groups is 1. The van der Waals surface area contributed by atoms with Gasteiger partial charge in [-0.1, -0.05) is 0 Å².